The molecule has 6 heteroatoms. The van der Waals surface area contributed by atoms with Crippen LogP contribution in [0, 0.1) is 32.9 Å². The maximum atomic E-state index is 6.65. The second-order valence-corrected chi connectivity index (χ2v) is 28.2. The zero-order valence-corrected chi connectivity index (χ0v) is 56.5. The summed E-state index contributed by atoms with van der Waals surface area (Å²) in [5.41, 5.74) is 28.6. The molecule has 0 unspecified atom stereocenters. The smallest absolute Gasteiger partial charge is 0.457 e. The van der Waals surface area contributed by atoms with Crippen molar-refractivity contribution in [2.45, 2.75) is 139 Å². The molecule has 0 atom stereocenters. The standard InChI is InChI=1S/C79H74BN3O.C2H6.Os/c1-47-38-51(57-28-23-29-59-58-27-20-22-31-72(58)84-75(57)59)32-36-64(47)81-68-42-53(77(7,8)9)33-35-62(68)80-63-45-61-60-41-52(76(4,5)6)34-37-66(60)82(65-30-21-19-26-56(65)50-24-17-16-18-25-50)67(61)46-69(63)83(71-44-55(79(13,14)15)43-70(81)73(71)80)74-48(2)39-54(40-49(74)3)78(10,11)12;1-2;/h16-35,37-42,44-46H,1-15H3;1-2H3;/q-2;;+2. The van der Waals surface area contributed by atoms with Crippen LogP contribution in [-0.2, 0) is 41.5 Å². The summed E-state index contributed by atoms with van der Waals surface area (Å²) in [6, 6.07) is 74.6. The summed E-state index contributed by atoms with van der Waals surface area (Å²) in [6.45, 7) is 38.8. The second kappa shape index (κ2) is 21.5. The Bertz CT molecular complexity index is 4680. The van der Waals surface area contributed by atoms with Gasteiger partial charge in [0.25, 0.3) is 0 Å². The fraction of sp³-hybridized carbons (Fsp3) is 0.259. The molecule has 436 valence electrons. The molecule has 10 aromatic carbocycles. The van der Waals surface area contributed by atoms with Gasteiger partial charge >= 0.3 is 19.8 Å². The number of rotatable bonds is 5. The monoisotopic (exact) mass is 1310 g/mol. The molecule has 0 saturated heterocycles. The summed E-state index contributed by atoms with van der Waals surface area (Å²) in [6.07, 6.45) is 0. The van der Waals surface area contributed by atoms with E-state index in [0.29, 0.717) is 0 Å². The van der Waals surface area contributed by atoms with Crippen LogP contribution in [-0.4, -0.2) is 11.3 Å². The van der Waals surface area contributed by atoms with Gasteiger partial charge in [-0.15, -0.1) is 22.7 Å². The third kappa shape index (κ3) is 9.78. The number of fused-ring (bicyclic) bond motifs is 10. The SMILES string of the molecule is CC.Cc1cc(-c2cccc3c2oc2ccccc23)c[c-]c1N1c2[c-]c(C(C)(C)C)cc3c2B(c2ccc(C(C)(C)C)cc21)c1cc2c4cc(C(C)(C)C)ccc4n(-c4ccccc4-c4ccccc4)c2cc1N3c1c(C)cc(C(C)(C)C)cc1C.[Os+2]. The Hall–Kier alpha value is -7.90. The van der Waals surface area contributed by atoms with E-state index in [1.165, 1.54) is 94.2 Å². The van der Waals surface area contributed by atoms with Crippen molar-refractivity contribution in [1.29, 1.82) is 0 Å². The molecule has 12 aromatic rings. The largest absolute Gasteiger partial charge is 2.00 e. The average molecular weight is 1310 g/mol. The quantitative estimate of drug-likeness (QED) is 0.127. The Labute approximate surface area is 530 Å². The fourth-order valence-corrected chi connectivity index (χ4v) is 13.7. The summed E-state index contributed by atoms with van der Waals surface area (Å²) in [4.78, 5) is 5.19. The molecular formula is C81H80BN3OOs. The van der Waals surface area contributed by atoms with Crippen LogP contribution < -0.4 is 26.2 Å². The van der Waals surface area contributed by atoms with E-state index >= 15 is 0 Å². The van der Waals surface area contributed by atoms with Crippen molar-refractivity contribution in [2.24, 2.45) is 0 Å². The zero-order valence-electron chi connectivity index (χ0n) is 53.9. The van der Waals surface area contributed by atoms with E-state index in [-0.39, 0.29) is 48.2 Å². The van der Waals surface area contributed by atoms with Gasteiger partial charge in [0.1, 0.15) is 11.2 Å². The van der Waals surface area contributed by atoms with Crippen molar-refractivity contribution in [1.82, 2.24) is 4.57 Å². The maximum absolute atomic E-state index is 6.65. The van der Waals surface area contributed by atoms with E-state index in [1.54, 1.807) is 0 Å². The van der Waals surface area contributed by atoms with Gasteiger partial charge in [-0.3, -0.25) is 0 Å². The Morgan fingerprint density at radius 3 is 1.72 bits per heavy atom. The van der Waals surface area contributed by atoms with Gasteiger partial charge in [0, 0.05) is 44.2 Å². The Balaban J connectivity index is 0.00000244. The Morgan fingerprint density at radius 1 is 0.425 bits per heavy atom. The van der Waals surface area contributed by atoms with Crippen molar-refractivity contribution in [3.63, 3.8) is 0 Å². The van der Waals surface area contributed by atoms with E-state index in [2.05, 4.69) is 300 Å². The van der Waals surface area contributed by atoms with Gasteiger partial charge in [0.05, 0.1) is 16.7 Å². The number of furan rings is 1. The molecule has 0 N–H and O–H groups in total. The van der Waals surface area contributed by atoms with Crippen LogP contribution in [0.15, 0.2) is 180 Å². The molecule has 0 fully saturated rings. The fourth-order valence-electron chi connectivity index (χ4n) is 13.7. The molecular weight excluding hydrogens is 1230 g/mol. The van der Waals surface area contributed by atoms with E-state index in [1.807, 2.05) is 19.9 Å². The number of para-hydroxylation sites is 3. The first-order chi connectivity index (χ1) is 40.9. The molecule has 0 radical (unpaired) electrons. The summed E-state index contributed by atoms with van der Waals surface area (Å²) >= 11 is 0. The summed E-state index contributed by atoms with van der Waals surface area (Å²) in [5.74, 6) is 0. The summed E-state index contributed by atoms with van der Waals surface area (Å²) < 4.78 is 9.21. The minimum Gasteiger partial charge on any atom is -0.457 e. The molecule has 0 bridgehead atoms. The van der Waals surface area contributed by atoms with Gasteiger partial charge < -0.3 is 18.8 Å². The molecule has 0 spiro atoms. The molecule has 0 saturated carbocycles. The topological polar surface area (TPSA) is 24.6 Å². The van der Waals surface area contributed by atoms with Crippen molar-refractivity contribution >= 4 is 101 Å². The third-order valence-electron chi connectivity index (χ3n) is 18.3. The first kappa shape index (κ1) is 59.4. The van der Waals surface area contributed by atoms with Crippen LogP contribution in [0.3, 0.4) is 0 Å². The molecule has 0 aliphatic carbocycles. The number of nitrogens with zero attached hydrogens (tertiary/aromatic N) is 3. The van der Waals surface area contributed by atoms with Gasteiger partial charge in [-0.2, -0.15) is 29.8 Å². The maximum Gasteiger partial charge on any atom is 2.00 e. The van der Waals surface area contributed by atoms with Crippen LogP contribution in [0.1, 0.15) is 136 Å². The Morgan fingerprint density at radius 2 is 1.03 bits per heavy atom. The van der Waals surface area contributed by atoms with E-state index in [4.69, 9.17) is 4.42 Å². The van der Waals surface area contributed by atoms with Crippen molar-refractivity contribution in [3.8, 4) is 27.9 Å². The predicted molar refractivity (Wildman–Crippen MR) is 371 cm³/mol. The van der Waals surface area contributed by atoms with E-state index in [0.717, 1.165) is 66.9 Å². The number of aromatic nitrogens is 1. The van der Waals surface area contributed by atoms with Crippen molar-refractivity contribution in [3.05, 3.63) is 227 Å². The number of hydrogen-bond acceptors (Lipinski definition) is 3. The molecule has 4 heterocycles. The molecule has 2 aliphatic heterocycles. The average Bonchev–Trinajstić information content (AvgIpc) is 1.46. The molecule has 0 amide bonds. The number of benzene rings is 10. The molecule has 2 aliphatic rings. The van der Waals surface area contributed by atoms with Gasteiger partial charge in [-0.25, -0.2) is 0 Å². The van der Waals surface area contributed by atoms with Crippen LogP contribution in [0.5, 0.6) is 0 Å². The minimum atomic E-state index is -0.261. The van der Waals surface area contributed by atoms with Gasteiger partial charge in [0.2, 0.25) is 0 Å². The molecule has 2 aromatic heterocycles. The van der Waals surface area contributed by atoms with Crippen molar-refractivity contribution in [2.75, 3.05) is 9.80 Å². The number of aryl methyl sites for hydroxylation is 3. The van der Waals surface area contributed by atoms with Crippen molar-refractivity contribution < 1.29 is 24.2 Å². The first-order valence-electron chi connectivity index (χ1n) is 31.1. The van der Waals surface area contributed by atoms with E-state index in [9.17, 15) is 0 Å². The predicted octanol–water partition coefficient (Wildman–Crippen LogP) is 20.8. The summed E-state index contributed by atoms with van der Waals surface area (Å²) in [5, 5.41) is 4.73. The van der Waals surface area contributed by atoms with Crippen LogP contribution in [0.2, 0.25) is 0 Å². The third-order valence-corrected chi connectivity index (χ3v) is 18.3. The minimum absolute atomic E-state index is 0. The molecule has 4 nitrogen and oxygen atoms in total. The van der Waals surface area contributed by atoms with Gasteiger partial charge in [-0.05, 0) is 111 Å². The van der Waals surface area contributed by atoms with E-state index < -0.39 is 0 Å². The second-order valence-electron chi connectivity index (χ2n) is 28.2. The zero-order chi connectivity index (χ0) is 60.7. The van der Waals surface area contributed by atoms with Gasteiger partial charge in [0.15, 0.2) is 6.71 Å². The van der Waals surface area contributed by atoms with Crippen LogP contribution >= 0.6 is 0 Å². The molecule has 14 rings (SSSR count). The molecule has 87 heavy (non-hydrogen) atoms. The first-order valence-corrected chi connectivity index (χ1v) is 31.1. The van der Waals surface area contributed by atoms with Crippen LogP contribution in [0.4, 0.5) is 34.1 Å². The van der Waals surface area contributed by atoms with Gasteiger partial charge in [-0.1, -0.05) is 253 Å². The normalized spacial score (nSPS) is 13.2. The Kier molecular flexibility index (Phi) is 14.7. The number of anilines is 6. The van der Waals surface area contributed by atoms with Crippen LogP contribution in [0.25, 0.3) is 71.7 Å². The summed E-state index contributed by atoms with van der Waals surface area (Å²) in [7, 11) is 0. The number of hydrogen-bond donors (Lipinski definition) is 0.